The van der Waals surface area contributed by atoms with Gasteiger partial charge in [-0.2, -0.15) is 0 Å². The molecule has 2 bridgehead atoms. The first kappa shape index (κ1) is 11.2. The van der Waals surface area contributed by atoms with Crippen molar-refractivity contribution in [3.63, 3.8) is 0 Å². The Labute approximate surface area is 113 Å². The van der Waals surface area contributed by atoms with Crippen LogP contribution in [0.1, 0.15) is 18.4 Å². The number of benzene rings is 1. The van der Waals surface area contributed by atoms with Gasteiger partial charge in [0, 0.05) is 9.49 Å². The summed E-state index contributed by atoms with van der Waals surface area (Å²) in [5.74, 6) is -0.0976. The highest BCUT2D eigenvalue weighted by atomic mass is 127. The summed E-state index contributed by atoms with van der Waals surface area (Å²) in [6, 6.07) is 8.23. The predicted octanol–water partition coefficient (Wildman–Crippen LogP) is 1.89. The molecule has 4 heteroatoms. The van der Waals surface area contributed by atoms with Crippen molar-refractivity contribution in [3.05, 3.63) is 33.4 Å². The van der Waals surface area contributed by atoms with Crippen LogP contribution in [0.4, 0.5) is 0 Å². The van der Waals surface area contributed by atoms with E-state index in [1.165, 1.54) is 9.13 Å². The third-order valence-corrected chi connectivity index (χ3v) is 4.54. The highest BCUT2D eigenvalue weighted by Crippen LogP contribution is 2.51. The molecule has 0 atom stereocenters. The zero-order valence-electron chi connectivity index (χ0n) is 9.20. The number of fused-ring (bicyclic) bond motifs is 2. The predicted molar refractivity (Wildman–Crippen MR) is 71.2 cm³/mol. The highest BCUT2D eigenvalue weighted by molar-refractivity contribution is 14.1. The summed E-state index contributed by atoms with van der Waals surface area (Å²) >= 11 is 2.26. The molecule has 1 N–H and O–H groups in total. The zero-order valence-corrected chi connectivity index (χ0v) is 11.4. The average Bonchev–Trinajstić information content (AvgIpc) is 2.23. The van der Waals surface area contributed by atoms with Gasteiger partial charge >= 0.3 is 0 Å². The third-order valence-electron chi connectivity index (χ3n) is 3.82. The van der Waals surface area contributed by atoms with Crippen molar-refractivity contribution in [2.24, 2.45) is 11.3 Å². The minimum absolute atomic E-state index is 0.0662. The topological polar surface area (TPSA) is 46.2 Å². The van der Waals surface area contributed by atoms with E-state index in [1.807, 2.05) is 0 Å². The van der Waals surface area contributed by atoms with Crippen LogP contribution in [0, 0.1) is 14.9 Å². The molecule has 17 heavy (non-hydrogen) atoms. The quantitative estimate of drug-likeness (QED) is 0.660. The maximum atomic E-state index is 11.9. The van der Waals surface area contributed by atoms with Crippen LogP contribution in [0.15, 0.2) is 24.3 Å². The fourth-order valence-electron chi connectivity index (χ4n) is 2.82. The number of amides is 2. The van der Waals surface area contributed by atoms with Crippen LogP contribution in [0.25, 0.3) is 0 Å². The van der Waals surface area contributed by atoms with Crippen LogP contribution >= 0.6 is 22.6 Å². The number of carbonyl (C=O) groups is 2. The Morgan fingerprint density at radius 2 is 1.88 bits per heavy atom. The van der Waals surface area contributed by atoms with E-state index in [1.54, 1.807) is 0 Å². The van der Waals surface area contributed by atoms with Gasteiger partial charge < -0.3 is 0 Å². The molecule has 0 unspecified atom stereocenters. The SMILES string of the molecule is O=C1NC(=O)C2(Cc3ccc(I)cc3)CC1C2. The molecule has 2 saturated heterocycles. The maximum Gasteiger partial charge on any atom is 0.233 e. The molecule has 0 radical (unpaired) electrons. The summed E-state index contributed by atoms with van der Waals surface area (Å²) in [7, 11) is 0. The number of hydrogen-bond donors (Lipinski definition) is 1. The zero-order chi connectivity index (χ0) is 12.0. The van der Waals surface area contributed by atoms with Gasteiger partial charge in [0.05, 0.1) is 5.41 Å². The summed E-state index contributed by atoms with van der Waals surface area (Å²) in [5, 5.41) is 2.47. The Balaban J connectivity index is 1.80. The number of carbonyl (C=O) groups excluding carboxylic acids is 2. The van der Waals surface area contributed by atoms with E-state index in [0.717, 1.165) is 19.3 Å². The molecule has 1 aromatic rings. The molecule has 3 aliphatic rings. The lowest BCUT2D eigenvalue weighted by atomic mass is 9.56. The summed E-state index contributed by atoms with van der Waals surface area (Å²) < 4.78 is 1.19. The molecule has 1 aliphatic carbocycles. The molecule has 2 amide bonds. The van der Waals surface area contributed by atoms with Crippen molar-refractivity contribution < 1.29 is 9.59 Å². The van der Waals surface area contributed by atoms with Gasteiger partial charge in [0.25, 0.3) is 0 Å². The molecule has 3 fully saturated rings. The molecule has 3 nitrogen and oxygen atoms in total. The second-order valence-corrected chi connectivity index (χ2v) is 6.25. The lowest BCUT2D eigenvalue weighted by molar-refractivity contribution is -0.158. The minimum atomic E-state index is -0.314. The smallest absolute Gasteiger partial charge is 0.233 e. The van der Waals surface area contributed by atoms with E-state index in [9.17, 15) is 9.59 Å². The van der Waals surface area contributed by atoms with Gasteiger partial charge in [-0.15, -0.1) is 0 Å². The second-order valence-electron chi connectivity index (χ2n) is 5.01. The first-order valence-corrected chi connectivity index (χ1v) is 6.77. The molecular weight excluding hydrogens is 329 g/mol. The summed E-state index contributed by atoms with van der Waals surface area (Å²) in [5.41, 5.74) is 0.860. The van der Waals surface area contributed by atoms with Gasteiger partial charge in [0.15, 0.2) is 0 Å². The number of imide groups is 1. The van der Waals surface area contributed by atoms with E-state index < -0.39 is 0 Å². The summed E-state index contributed by atoms with van der Waals surface area (Å²) in [6.07, 6.45) is 2.20. The van der Waals surface area contributed by atoms with Crippen molar-refractivity contribution in [1.29, 1.82) is 0 Å². The molecule has 1 saturated carbocycles. The second kappa shape index (κ2) is 3.80. The molecule has 1 aromatic carbocycles. The largest absolute Gasteiger partial charge is 0.296 e. The van der Waals surface area contributed by atoms with Crippen molar-refractivity contribution in [2.45, 2.75) is 19.3 Å². The fourth-order valence-corrected chi connectivity index (χ4v) is 3.18. The normalized spacial score (nSPS) is 30.8. The number of piperidine rings is 2. The van der Waals surface area contributed by atoms with Gasteiger partial charge in [0.1, 0.15) is 0 Å². The molecule has 0 spiro atoms. The summed E-state index contributed by atoms with van der Waals surface area (Å²) in [6.45, 7) is 0. The van der Waals surface area contributed by atoms with Crippen LogP contribution in [0.3, 0.4) is 0 Å². The Bertz CT molecular complexity index is 489. The molecule has 4 rings (SSSR count). The molecular formula is C13H12INO2. The van der Waals surface area contributed by atoms with Gasteiger partial charge in [-0.3, -0.25) is 14.9 Å². The van der Waals surface area contributed by atoms with Crippen LogP contribution < -0.4 is 5.32 Å². The first-order chi connectivity index (χ1) is 8.09. The van der Waals surface area contributed by atoms with Gasteiger partial charge in [0.2, 0.25) is 11.8 Å². The molecule has 88 valence electrons. The van der Waals surface area contributed by atoms with E-state index in [2.05, 4.69) is 52.2 Å². The van der Waals surface area contributed by atoms with Gasteiger partial charge in [-0.05, 0) is 59.5 Å². The van der Waals surface area contributed by atoms with Gasteiger partial charge in [-0.25, -0.2) is 0 Å². The third kappa shape index (κ3) is 1.78. The van der Waals surface area contributed by atoms with Crippen LogP contribution in [0.2, 0.25) is 0 Å². The Hall–Kier alpha value is -0.910. The van der Waals surface area contributed by atoms with E-state index in [-0.39, 0.29) is 23.1 Å². The number of rotatable bonds is 2. The Kier molecular flexibility index (Phi) is 2.50. The monoisotopic (exact) mass is 341 g/mol. The van der Waals surface area contributed by atoms with E-state index in [0.29, 0.717) is 0 Å². The fraction of sp³-hybridized carbons (Fsp3) is 0.385. The van der Waals surface area contributed by atoms with Crippen LogP contribution in [-0.4, -0.2) is 11.8 Å². The highest BCUT2D eigenvalue weighted by Gasteiger charge is 2.57. The number of hydrogen-bond acceptors (Lipinski definition) is 2. The molecule has 0 aromatic heterocycles. The Morgan fingerprint density at radius 3 is 2.47 bits per heavy atom. The number of halogens is 1. The molecule has 2 aliphatic heterocycles. The number of nitrogens with one attached hydrogen (secondary N) is 1. The summed E-state index contributed by atoms with van der Waals surface area (Å²) in [4.78, 5) is 23.3. The van der Waals surface area contributed by atoms with Crippen molar-refractivity contribution in [3.8, 4) is 0 Å². The Morgan fingerprint density at radius 1 is 1.24 bits per heavy atom. The van der Waals surface area contributed by atoms with Gasteiger partial charge in [-0.1, -0.05) is 12.1 Å². The van der Waals surface area contributed by atoms with E-state index in [4.69, 9.17) is 0 Å². The van der Waals surface area contributed by atoms with Crippen LogP contribution in [0.5, 0.6) is 0 Å². The van der Waals surface area contributed by atoms with Crippen LogP contribution in [-0.2, 0) is 16.0 Å². The molecule has 2 heterocycles. The average molecular weight is 341 g/mol. The van der Waals surface area contributed by atoms with Crippen molar-refractivity contribution in [1.82, 2.24) is 5.32 Å². The maximum absolute atomic E-state index is 11.9. The minimum Gasteiger partial charge on any atom is -0.296 e. The van der Waals surface area contributed by atoms with Crippen molar-refractivity contribution in [2.75, 3.05) is 0 Å². The lowest BCUT2D eigenvalue weighted by Crippen LogP contribution is -2.62. The standard InChI is InChI=1S/C13H12INO2/c14-10-3-1-8(2-4-10)5-13-6-9(7-13)11(16)15-12(13)17/h1-4,9H,5-7H2,(H,15,16,17). The van der Waals surface area contributed by atoms with E-state index >= 15 is 0 Å². The lowest BCUT2D eigenvalue weighted by Gasteiger charge is -2.49. The first-order valence-electron chi connectivity index (χ1n) is 5.69. The van der Waals surface area contributed by atoms with Crippen molar-refractivity contribution >= 4 is 34.4 Å².